The molecule has 2 aromatic carbocycles. The summed E-state index contributed by atoms with van der Waals surface area (Å²) in [5.74, 6) is -0.524. The Morgan fingerprint density at radius 2 is 2.00 bits per heavy atom. The number of benzene rings is 2. The third kappa shape index (κ3) is 4.08. The van der Waals surface area contributed by atoms with E-state index in [4.69, 9.17) is 11.6 Å². The van der Waals surface area contributed by atoms with Crippen LogP contribution in [0, 0.1) is 6.92 Å². The highest BCUT2D eigenvalue weighted by Gasteiger charge is 2.28. The molecule has 166 valence electrons. The lowest BCUT2D eigenvalue weighted by atomic mass is 10.2. The van der Waals surface area contributed by atoms with E-state index >= 15 is 0 Å². The molecule has 2 aromatic heterocycles. The molecule has 5 rings (SSSR count). The number of imide groups is 1. The van der Waals surface area contributed by atoms with Crippen molar-refractivity contribution in [3.8, 4) is 5.69 Å². The zero-order valence-electron chi connectivity index (χ0n) is 17.5. The summed E-state index contributed by atoms with van der Waals surface area (Å²) < 4.78 is 1.79. The van der Waals surface area contributed by atoms with Gasteiger partial charge < -0.3 is 10.6 Å². The van der Waals surface area contributed by atoms with Crippen molar-refractivity contribution in [1.29, 1.82) is 0 Å². The molecular formula is C23H18ClN5O3S. The Labute approximate surface area is 197 Å². The van der Waals surface area contributed by atoms with Crippen molar-refractivity contribution < 1.29 is 14.4 Å². The van der Waals surface area contributed by atoms with Crippen molar-refractivity contribution in [2.24, 2.45) is 0 Å². The summed E-state index contributed by atoms with van der Waals surface area (Å²) in [4.78, 5) is 39.1. The average molecular weight is 480 g/mol. The van der Waals surface area contributed by atoms with Crippen LogP contribution in [0.2, 0.25) is 5.02 Å². The van der Waals surface area contributed by atoms with Crippen LogP contribution < -0.4 is 10.6 Å². The number of nitrogens with one attached hydrogen (secondary N) is 2. The number of urea groups is 1. The highest BCUT2D eigenvalue weighted by atomic mass is 35.5. The van der Waals surface area contributed by atoms with E-state index in [1.807, 2.05) is 31.2 Å². The second kappa shape index (κ2) is 8.34. The Kier molecular flexibility index (Phi) is 5.35. The molecular weight excluding hydrogens is 462 g/mol. The molecule has 1 fully saturated rings. The molecule has 4 amide bonds. The minimum absolute atomic E-state index is 0.00717. The maximum Gasteiger partial charge on any atom is 0.324 e. The van der Waals surface area contributed by atoms with Gasteiger partial charge in [0.15, 0.2) is 0 Å². The molecule has 10 heteroatoms. The quantitative estimate of drug-likeness (QED) is 0.416. The first-order valence-corrected chi connectivity index (χ1v) is 11.3. The van der Waals surface area contributed by atoms with Gasteiger partial charge in [-0.25, -0.2) is 9.48 Å². The summed E-state index contributed by atoms with van der Waals surface area (Å²) in [6.45, 7) is 2.05. The predicted molar refractivity (Wildman–Crippen MR) is 127 cm³/mol. The Morgan fingerprint density at radius 3 is 2.76 bits per heavy atom. The largest absolute Gasteiger partial charge is 0.329 e. The van der Waals surface area contributed by atoms with E-state index in [2.05, 4.69) is 15.7 Å². The topological polar surface area (TPSA) is 96.3 Å². The zero-order chi connectivity index (χ0) is 23.1. The lowest BCUT2D eigenvalue weighted by Crippen LogP contribution is -2.30. The van der Waals surface area contributed by atoms with Crippen LogP contribution in [-0.4, -0.2) is 39.1 Å². The van der Waals surface area contributed by atoms with Crippen LogP contribution >= 0.6 is 22.9 Å². The first kappa shape index (κ1) is 21.2. The summed E-state index contributed by atoms with van der Waals surface area (Å²) in [7, 11) is 0. The fourth-order valence-electron chi connectivity index (χ4n) is 3.68. The van der Waals surface area contributed by atoms with Gasteiger partial charge >= 0.3 is 6.03 Å². The number of carbonyl (C=O) groups is 3. The fraction of sp³-hybridized carbons (Fsp3) is 0.130. The van der Waals surface area contributed by atoms with E-state index < -0.39 is 6.03 Å². The van der Waals surface area contributed by atoms with Crippen molar-refractivity contribution >= 4 is 56.7 Å². The Hall–Kier alpha value is -3.69. The highest BCUT2D eigenvalue weighted by Crippen LogP contribution is 2.31. The second-order valence-corrected chi connectivity index (χ2v) is 9.07. The second-order valence-electron chi connectivity index (χ2n) is 7.60. The van der Waals surface area contributed by atoms with Gasteiger partial charge in [0.05, 0.1) is 29.3 Å². The summed E-state index contributed by atoms with van der Waals surface area (Å²) in [5.41, 5.74) is 2.95. The molecule has 1 aliphatic rings. The Morgan fingerprint density at radius 1 is 1.18 bits per heavy atom. The van der Waals surface area contributed by atoms with Crippen LogP contribution in [0.5, 0.6) is 0 Å². The minimum atomic E-state index is -0.413. The van der Waals surface area contributed by atoms with Gasteiger partial charge in [0.2, 0.25) is 5.91 Å². The van der Waals surface area contributed by atoms with Crippen molar-refractivity contribution in [3.63, 3.8) is 0 Å². The van der Waals surface area contributed by atoms with Crippen LogP contribution in [-0.2, 0) is 11.3 Å². The third-order valence-corrected chi connectivity index (χ3v) is 6.63. The van der Waals surface area contributed by atoms with Gasteiger partial charge in [-0.3, -0.25) is 14.5 Å². The van der Waals surface area contributed by atoms with Crippen LogP contribution in [0.3, 0.4) is 0 Å². The van der Waals surface area contributed by atoms with Gasteiger partial charge in [0, 0.05) is 16.1 Å². The Balaban J connectivity index is 1.38. The highest BCUT2D eigenvalue weighted by molar-refractivity contribution is 7.20. The van der Waals surface area contributed by atoms with Gasteiger partial charge in [-0.2, -0.15) is 5.10 Å². The van der Waals surface area contributed by atoms with E-state index in [-0.39, 0.29) is 24.9 Å². The summed E-state index contributed by atoms with van der Waals surface area (Å²) >= 11 is 7.48. The number of nitrogens with zero attached hydrogens (tertiary/aromatic N) is 3. The van der Waals surface area contributed by atoms with Crippen molar-refractivity contribution in [2.75, 3.05) is 11.9 Å². The lowest BCUT2D eigenvalue weighted by molar-refractivity contribution is -0.125. The first-order chi connectivity index (χ1) is 15.9. The molecule has 3 heterocycles. The summed E-state index contributed by atoms with van der Waals surface area (Å²) in [6, 6.07) is 15.9. The number of aryl methyl sites for hydroxylation is 1. The molecule has 0 atom stereocenters. The van der Waals surface area contributed by atoms with Crippen molar-refractivity contribution in [2.45, 2.75) is 13.5 Å². The molecule has 0 saturated carbocycles. The minimum Gasteiger partial charge on any atom is -0.329 e. The lowest BCUT2D eigenvalue weighted by Gasteiger charge is -2.13. The van der Waals surface area contributed by atoms with Crippen LogP contribution in [0.25, 0.3) is 15.9 Å². The molecule has 1 saturated heterocycles. The zero-order valence-corrected chi connectivity index (χ0v) is 19.0. The number of hydrogen-bond donors (Lipinski definition) is 2. The van der Waals surface area contributed by atoms with E-state index in [1.165, 1.54) is 11.3 Å². The van der Waals surface area contributed by atoms with E-state index in [9.17, 15) is 14.4 Å². The number of carbonyl (C=O) groups excluding carboxylic acids is 3. The first-order valence-electron chi connectivity index (χ1n) is 10.1. The molecule has 33 heavy (non-hydrogen) atoms. The van der Waals surface area contributed by atoms with Gasteiger partial charge in [0.1, 0.15) is 4.83 Å². The SMILES string of the molecule is Cc1nn(-c2cccc(Cl)c2)c2sc(C(=O)Nc3cccc(CN4C(=O)CNC4=O)c3)cc12. The number of aromatic nitrogens is 2. The normalized spacial score (nSPS) is 13.6. The molecule has 2 N–H and O–H groups in total. The average Bonchev–Trinajstić information content (AvgIpc) is 3.45. The van der Waals surface area contributed by atoms with Crippen LogP contribution in [0.4, 0.5) is 10.5 Å². The Bertz CT molecular complexity index is 1410. The molecule has 0 radical (unpaired) electrons. The van der Waals surface area contributed by atoms with Gasteiger partial charge in [-0.1, -0.05) is 29.8 Å². The number of thiophene rings is 1. The third-order valence-electron chi connectivity index (χ3n) is 5.28. The molecule has 0 unspecified atom stereocenters. The number of hydrogen-bond acceptors (Lipinski definition) is 5. The maximum absolute atomic E-state index is 13.0. The fourth-order valence-corrected chi connectivity index (χ4v) is 4.94. The standard InChI is InChI=1S/C23H18ClN5O3S/c1-13-18-10-19(33-22(18)29(27-13)17-7-3-5-15(24)9-17)21(31)26-16-6-2-4-14(8-16)12-28-20(30)11-25-23(28)32/h2-10H,11-12H2,1H3,(H,25,32)(H,26,31). The maximum atomic E-state index is 13.0. The van der Waals surface area contributed by atoms with Crippen molar-refractivity contribution in [3.05, 3.63) is 75.8 Å². The number of anilines is 1. The molecule has 1 aliphatic heterocycles. The summed E-state index contributed by atoms with van der Waals surface area (Å²) in [5, 5.41) is 11.5. The van der Waals surface area contributed by atoms with Gasteiger partial charge in [-0.15, -0.1) is 11.3 Å². The molecule has 0 aliphatic carbocycles. The van der Waals surface area contributed by atoms with Gasteiger partial charge in [0.25, 0.3) is 5.91 Å². The number of fused-ring (bicyclic) bond motifs is 1. The number of rotatable bonds is 5. The van der Waals surface area contributed by atoms with Gasteiger partial charge in [-0.05, 0) is 48.9 Å². The number of halogens is 1. The monoisotopic (exact) mass is 479 g/mol. The van der Waals surface area contributed by atoms with E-state index in [0.717, 1.165) is 32.1 Å². The molecule has 0 bridgehead atoms. The number of amides is 4. The van der Waals surface area contributed by atoms with E-state index in [1.54, 1.807) is 35.0 Å². The smallest absolute Gasteiger partial charge is 0.324 e. The molecule has 8 nitrogen and oxygen atoms in total. The van der Waals surface area contributed by atoms with Crippen molar-refractivity contribution in [1.82, 2.24) is 20.0 Å². The van der Waals surface area contributed by atoms with Crippen LogP contribution in [0.1, 0.15) is 20.9 Å². The predicted octanol–water partition coefficient (Wildman–Crippen LogP) is 4.35. The molecule has 0 spiro atoms. The molecule has 4 aromatic rings. The van der Waals surface area contributed by atoms with E-state index in [0.29, 0.717) is 15.6 Å². The van der Waals surface area contributed by atoms with Crippen LogP contribution in [0.15, 0.2) is 54.6 Å². The summed E-state index contributed by atoms with van der Waals surface area (Å²) in [6.07, 6.45) is 0.